The van der Waals surface area contributed by atoms with E-state index in [0.29, 0.717) is 0 Å². The molecule has 1 aromatic rings. The Labute approximate surface area is 59.5 Å². The highest BCUT2D eigenvalue weighted by Crippen LogP contribution is 2.15. The minimum absolute atomic E-state index is 0.247. The van der Waals surface area contributed by atoms with Gasteiger partial charge in [-0.15, -0.1) is 0 Å². The van der Waals surface area contributed by atoms with Crippen LogP contribution in [0, 0.1) is 0 Å². The molecule has 0 spiro atoms. The van der Waals surface area contributed by atoms with Gasteiger partial charge in [-0.1, -0.05) is 6.92 Å². The first-order chi connectivity index (χ1) is 4.34. The summed E-state index contributed by atoms with van der Waals surface area (Å²) in [4.78, 5) is 0. The van der Waals surface area contributed by atoms with E-state index in [1.165, 1.54) is 5.56 Å². The Morgan fingerprint density at radius 1 is 1.78 bits per heavy atom. The molecule has 2 N–H and O–H groups in total. The topological polar surface area (TPSA) is 26.0 Å². The van der Waals surface area contributed by atoms with Crippen molar-refractivity contribution in [1.29, 1.82) is 0 Å². The molecule has 0 saturated carbocycles. The van der Waals surface area contributed by atoms with E-state index in [-0.39, 0.29) is 6.04 Å². The molecule has 1 aromatic heterocycles. The predicted molar refractivity (Wildman–Crippen MR) is 41.5 cm³/mol. The van der Waals surface area contributed by atoms with Crippen molar-refractivity contribution in [2.24, 2.45) is 5.73 Å². The van der Waals surface area contributed by atoms with Gasteiger partial charge in [-0.2, -0.15) is 11.3 Å². The zero-order chi connectivity index (χ0) is 6.69. The molecule has 1 atom stereocenters. The van der Waals surface area contributed by atoms with E-state index in [1.54, 1.807) is 11.3 Å². The van der Waals surface area contributed by atoms with Gasteiger partial charge in [0, 0.05) is 6.04 Å². The maximum Gasteiger partial charge on any atom is 0.0300 e. The summed E-state index contributed by atoms with van der Waals surface area (Å²) in [5.74, 6) is 0. The highest BCUT2D eigenvalue weighted by molar-refractivity contribution is 7.07. The van der Waals surface area contributed by atoms with Crippen molar-refractivity contribution < 1.29 is 0 Å². The second-order valence-electron chi connectivity index (χ2n) is 2.07. The standard InChI is InChI=1S/C7H11NS/c1-2-7(8)6-3-4-9-5-6/h3-5,7H,2,8H2,1H3/t7-/m1/s1. The van der Waals surface area contributed by atoms with Gasteiger partial charge >= 0.3 is 0 Å². The van der Waals surface area contributed by atoms with Crippen LogP contribution in [-0.2, 0) is 0 Å². The first kappa shape index (κ1) is 6.78. The largest absolute Gasteiger partial charge is 0.324 e. The Bertz CT molecular complexity index is 157. The van der Waals surface area contributed by atoms with Gasteiger partial charge in [0.15, 0.2) is 0 Å². The fraction of sp³-hybridized carbons (Fsp3) is 0.429. The molecule has 0 unspecified atom stereocenters. The van der Waals surface area contributed by atoms with E-state index in [0.717, 1.165) is 6.42 Å². The first-order valence-electron chi connectivity index (χ1n) is 3.12. The van der Waals surface area contributed by atoms with E-state index in [4.69, 9.17) is 5.73 Å². The van der Waals surface area contributed by atoms with Crippen LogP contribution in [0.1, 0.15) is 24.9 Å². The zero-order valence-corrected chi connectivity index (χ0v) is 6.32. The summed E-state index contributed by atoms with van der Waals surface area (Å²) < 4.78 is 0. The SMILES string of the molecule is CC[C@@H](N)c1ccsc1. The van der Waals surface area contributed by atoms with Crippen LogP contribution in [0.5, 0.6) is 0 Å². The van der Waals surface area contributed by atoms with Crippen LogP contribution >= 0.6 is 11.3 Å². The van der Waals surface area contributed by atoms with E-state index in [2.05, 4.69) is 23.8 Å². The Balaban J connectivity index is 2.65. The van der Waals surface area contributed by atoms with Crippen LogP contribution < -0.4 is 5.73 Å². The number of hydrogen-bond acceptors (Lipinski definition) is 2. The number of hydrogen-bond donors (Lipinski definition) is 1. The summed E-state index contributed by atoms with van der Waals surface area (Å²) in [6.07, 6.45) is 1.02. The molecule has 0 amide bonds. The van der Waals surface area contributed by atoms with Crippen molar-refractivity contribution in [2.75, 3.05) is 0 Å². The minimum atomic E-state index is 0.247. The van der Waals surface area contributed by atoms with Crippen LogP contribution in [0.3, 0.4) is 0 Å². The Kier molecular flexibility index (Phi) is 2.25. The fourth-order valence-electron chi connectivity index (χ4n) is 0.722. The third-order valence-corrected chi connectivity index (χ3v) is 2.11. The van der Waals surface area contributed by atoms with E-state index in [9.17, 15) is 0 Å². The molecular formula is C7H11NS. The molecule has 0 aromatic carbocycles. The number of nitrogens with two attached hydrogens (primary N) is 1. The maximum atomic E-state index is 5.75. The van der Waals surface area contributed by atoms with Crippen molar-refractivity contribution in [3.8, 4) is 0 Å². The van der Waals surface area contributed by atoms with Gasteiger partial charge in [0.25, 0.3) is 0 Å². The summed E-state index contributed by atoms with van der Waals surface area (Å²) in [5.41, 5.74) is 7.01. The summed E-state index contributed by atoms with van der Waals surface area (Å²) in [6, 6.07) is 2.33. The molecule has 1 nitrogen and oxygen atoms in total. The molecule has 0 fully saturated rings. The molecule has 0 aliphatic carbocycles. The molecule has 2 heteroatoms. The maximum absolute atomic E-state index is 5.75. The second kappa shape index (κ2) is 2.99. The van der Waals surface area contributed by atoms with E-state index >= 15 is 0 Å². The summed E-state index contributed by atoms with van der Waals surface area (Å²) >= 11 is 1.70. The minimum Gasteiger partial charge on any atom is -0.324 e. The van der Waals surface area contributed by atoms with Crippen molar-refractivity contribution in [3.63, 3.8) is 0 Å². The zero-order valence-electron chi connectivity index (χ0n) is 5.50. The summed E-state index contributed by atoms with van der Waals surface area (Å²) in [6.45, 7) is 2.10. The van der Waals surface area contributed by atoms with Crippen molar-refractivity contribution in [1.82, 2.24) is 0 Å². The van der Waals surface area contributed by atoms with Gasteiger partial charge in [-0.25, -0.2) is 0 Å². The third-order valence-electron chi connectivity index (χ3n) is 1.41. The lowest BCUT2D eigenvalue weighted by atomic mass is 10.1. The van der Waals surface area contributed by atoms with Gasteiger partial charge in [0.1, 0.15) is 0 Å². The van der Waals surface area contributed by atoms with Crippen LogP contribution in [0.4, 0.5) is 0 Å². The molecule has 0 bridgehead atoms. The molecule has 1 rings (SSSR count). The van der Waals surface area contributed by atoms with E-state index in [1.807, 2.05) is 0 Å². The number of rotatable bonds is 2. The van der Waals surface area contributed by atoms with Crippen LogP contribution in [0.2, 0.25) is 0 Å². The van der Waals surface area contributed by atoms with Gasteiger partial charge < -0.3 is 5.73 Å². The predicted octanol–water partition coefficient (Wildman–Crippen LogP) is 2.16. The van der Waals surface area contributed by atoms with E-state index < -0.39 is 0 Å². The normalized spacial score (nSPS) is 13.6. The molecule has 50 valence electrons. The molecule has 1 heterocycles. The number of thiophene rings is 1. The second-order valence-corrected chi connectivity index (χ2v) is 2.85. The lowest BCUT2D eigenvalue weighted by molar-refractivity contribution is 0.701. The molecule has 0 aliphatic rings. The molecular weight excluding hydrogens is 130 g/mol. The quantitative estimate of drug-likeness (QED) is 0.671. The molecule has 0 aliphatic heterocycles. The lowest BCUT2D eigenvalue weighted by Gasteiger charge is -2.03. The van der Waals surface area contributed by atoms with Crippen molar-refractivity contribution in [2.45, 2.75) is 19.4 Å². The highest BCUT2D eigenvalue weighted by atomic mass is 32.1. The average molecular weight is 141 g/mol. The van der Waals surface area contributed by atoms with Gasteiger partial charge in [0.2, 0.25) is 0 Å². The van der Waals surface area contributed by atoms with Crippen LogP contribution in [0.25, 0.3) is 0 Å². The fourth-order valence-corrected chi connectivity index (χ4v) is 1.45. The smallest absolute Gasteiger partial charge is 0.0300 e. The van der Waals surface area contributed by atoms with Gasteiger partial charge in [-0.3, -0.25) is 0 Å². The molecule has 0 radical (unpaired) electrons. The third kappa shape index (κ3) is 1.53. The average Bonchev–Trinajstić information content (AvgIpc) is 2.37. The highest BCUT2D eigenvalue weighted by Gasteiger charge is 2.00. The molecule has 0 saturated heterocycles. The monoisotopic (exact) mass is 141 g/mol. The Morgan fingerprint density at radius 2 is 2.56 bits per heavy atom. The van der Waals surface area contributed by atoms with Crippen LogP contribution in [0.15, 0.2) is 16.8 Å². The summed E-state index contributed by atoms with van der Waals surface area (Å²) in [5, 5.41) is 4.17. The van der Waals surface area contributed by atoms with Crippen LogP contribution in [-0.4, -0.2) is 0 Å². The Hall–Kier alpha value is -0.340. The van der Waals surface area contributed by atoms with Gasteiger partial charge in [0.05, 0.1) is 0 Å². The van der Waals surface area contributed by atoms with Crippen molar-refractivity contribution >= 4 is 11.3 Å². The van der Waals surface area contributed by atoms with Crippen molar-refractivity contribution in [3.05, 3.63) is 22.4 Å². The molecule has 9 heavy (non-hydrogen) atoms. The lowest BCUT2D eigenvalue weighted by Crippen LogP contribution is -2.06. The summed E-state index contributed by atoms with van der Waals surface area (Å²) in [7, 11) is 0. The first-order valence-corrected chi connectivity index (χ1v) is 4.06. The van der Waals surface area contributed by atoms with Gasteiger partial charge in [-0.05, 0) is 28.8 Å². The Morgan fingerprint density at radius 3 is 3.00 bits per heavy atom.